The van der Waals surface area contributed by atoms with Crippen LogP contribution in [0.4, 0.5) is 34.1 Å². The normalized spacial score (nSPS) is 9.82. The Morgan fingerprint density at radius 1 is 0.579 bits per heavy atom. The fourth-order valence-electron chi connectivity index (χ4n) is 4.80. The van der Waals surface area contributed by atoms with Gasteiger partial charge in [0.05, 0.1) is 66.0 Å². The monoisotopic (exact) mass is 874 g/mol. The molecule has 288 valence electrons. The number of isothiocyanates is 2. The van der Waals surface area contributed by atoms with Crippen molar-refractivity contribution < 1.29 is 24.5 Å². The summed E-state index contributed by atoms with van der Waals surface area (Å²) in [5, 5.41) is 30.5. The first-order chi connectivity index (χ1) is 27.5. The predicted octanol–water partition coefficient (Wildman–Crippen LogP) is 13.1. The second-order valence-corrected chi connectivity index (χ2v) is 13.4. The number of nitrogens with one attached hydrogen (secondary N) is 2. The number of hydrogen-bond acceptors (Lipinski definition) is 10. The molecule has 0 saturated heterocycles. The number of carboxylic acids is 1. The Morgan fingerprint density at radius 2 is 0.982 bits per heavy atom. The molecule has 0 spiro atoms. The Bertz CT molecular complexity index is 2380. The topological polar surface area (TPSA) is 133 Å². The first-order valence-corrected chi connectivity index (χ1v) is 18.9. The molecule has 6 aromatic carbocycles. The highest BCUT2D eigenvalue weighted by Gasteiger charge is 2.13. The molecule has 15 heteroatoms. The number of para-hydroxylation sites is 4. The van der Waals surface area contributed by atoms with Crippen LogP contribution in [0.5, 0.6) is 11.5 Å². The highest BCUT2D eigenvalue weighted by atomic mass is 35.5. The number of carboxylic acid groups (broad SMARTS) is 1. The van der Waals surface area contributed by atoms with E-state index in [1.807, 2.05) is 30.3 Å². The van der Waals surface area contributed by atoms with E-state index in [0.717, 1.165) is 11.3 Å². The van der Waals surface area contributed by atoms with Crippen LogP contribution in [-0.4, -0.2) is 32.5 Å². The summed E-state index contributed by atoms with van der Waals surface area (Å²) in [6.45, 7) is 0. The molecule has 0 amide bonds. The van der Waals surface area contributed by atoms with Gasteiger partial charge in [0, 0.05) is 11.4 Å². The summed E-state index contributed by atoms with van der Waals surface area (Å²) in [6, 6.07) is 38.1. The number of aliphatic carboxylic acids is 1. The molecule has 6 aromatic rings. The molecule has 0 aliphatic heterocycles. The summed E-state index contributed by atoms with van der Waals surface area (Å²) in [5.74, 6) is -0.638. The van der Waals surface area contributed by atoms with E-state index in [2.05, 4.69) is 55.4 Å². The lowest BCUT2D eigenvalue weighted by Gasteiger charge is -2.14. The molecule has 6 rings (SSSR count). The fourth-order valence-corrected chi connectivity index (χ4v) is 6.00. The molecule has 0 fully saturated rings. The summed E-state index contributed by atoms with van der Waals surface area (Å²) >= 11 is 33.5. The van der Waals surface area contributed by atoms with Crippen LogP contribution in [-0.2, 0) is 22.4 Å². The third kappa shape index (κ3) is 14.5. The maximum absolute atomic E-state index is 12.4. The lowest BCUT2D eigenvalue weighted by molar-refractivity contribution is -0.136. The molecule has 57 heavy (non-hydrogen) atoms. The van der Waals surface area contributed by atoms with Crippen molar-refractivity contribution in [3.05, 3.63) is 165 Å². The summed E-state index contributed by atoms with van der Waals surface area (Å²) in [6.07, 6.45) is 0.0102. The number of anilines is 4. The van der Waals surface area contributed by atoms with Crippen LogP contribution in [0.2, 0.25) is 20.1 Å². The van der Waals surface area contributed by atoms with Gasteiger partial charge in [-0.05, 0) is 120 Å². The first kappa shape index (κ1) is 44.1. The van der Waals surface area contributed by atoms with Crippen molar-refractivity contribution in [2.24, 2.45) is 9.98 Å². The van der Waals surface area contributed by atoms with Crippen LogP contribution >= 0.6 is 70.8 Å². The molecule has 0 heterocycles. The van der Waals surface area contributed by atoms with E-state index in [-0.39, 0.29) is 18.6 Å². The van der Waals surface area contributed by atoms with Crippen LogP contribution in [0.3, 0.4) is 0 Å². The van der Waals surface area contributed by atoms with Crippen molar-refractivity contribution in [1.29, 1.82) is 0 Å². The van der Waals surface area contributed by atoms with Gasteiger partial charge in [-0.15, -0.1) is 0 Å². The van der Waals surface area contributed by atoms with Crippen molar-refractivity contribution in [3.8, 4) is 11.5 Å². The Hall–Kier alpha value is -5.58. The molecule has 0 saturated carbocycles. The van der Waals surface area contributed by atoms with Crippen molar-refractivity contribution in [2.75, 3.05) is 10.6 Å². The number of aliphatic imine (C=N–C) groups is 2. The number of halogens is 4. The van der Waals surface area contributed by atoms with Gasteiger partial charge in [0.2, 0.25) is 0 Å². The van der Waals surface area contributed by atoms with Gasteiger partial charge < -0.3 is 25.6 Å². The highest BCUT2D eigenvalue weighted by molar-refractivity contribution is 7.78. The molecule has 0 aromatic heterocycles. The number of carbonyl (C=O) groups excluding carboxylic acids is 1. The molecular weight excluding hydrogens is 846 g/mol. The zero-order valence-electron chi connectivity index (χ0n) is 29.5. The molecule has 0 radical (unpaired) electrons. The first-order valence-electron chi connectivity index (χ1n) is 16.5. The van der Waals surface area contributed by atoms with E-state index in [1.165, 1.54) is 0 Å². The SMILES string of the molecule is O=C(Cc1ccccc1Nc1c(Cl)cccc1Cl)Oc1ccc(N=C=S)cc1.O=C(O)Cc1ccccc1Nc1c(Cl)cccc1Cl.Oc1ccc(N=C=S)cc1. The number of phenols is 1. The Labute approximate surface area is 359 Å². The number of esters is 1. The number of carbonyl (C=O) groups is 2. The average molecular weight is 877 g/mol. The number of rotatable bonds is 11. The van der Waals surface area contributed by atoms with Crippen LogP contribution in [0.15, 0.2) is 143 Å². The van der Waals surface area contributed by atoms with Gasteiger partial charge in [0.25, 0.3) is 0 Å². The van der Waals surface area contributed by atoms with Gasteiger partial charge in [0.1, 0.15) is 11.5 Å². The number of benzene rings is 6. The highest BCUT2D eigenvalue weighted by Crippen LogP contribution is 2.35. The molecule has 0 atom stereocenters. The van der Waals surface area contributed by atoms with E-state index >= 15 is 0 Å². The van der Waals surface area contributed by atoms with Gasteiger partial charge in [-0.25, -0.2) is 0 Å². The third-order valence-electron chi connectivity index (χ3n) is 7.42. The van der Waals surface area contributed by atoms with Gasteiger partial charge in [0.15, 0.2) is 0 Å². The Kier molecular flexibility index (Phi) is 17.7. The molecule has 0 aliphatic rings. The van der Waals surface area contributed by atoms with Gasteiger partial charge in [-0.1, -0.05) is 94.9 Å². The Balaban J connectivity index is 0.000000213. The molecule has 0 bridgehead atoms. The van der Waals surface area contributed by atoms with Crippen molar-refractivity contribution in [3.63, 3.8) is 0 Å². The van der Waals surface area contributed by atoms with E-state index < -0.39 is 11.9 Å². The maximum Gasteiger partial charge on any atom is 0.315 e. The smallest absolute Gasteiger partial charge is 0.315 e. The quantitative estimate of drug-likeness (QED) is 0.0434. The van der Waals surface area contributed by atoms with Crippen molar-refractivity contribution >= 4 is 127 Å². The Morgan fingerprint density at radius 3 is 1.40 bits per heavy atom. The molecule has 9 nitrogen and oxygen atoms in total. The zero-order chi connectivity index (χ0) is 41.2. The fraction of sp³-hybridized carbons (Fsp3) is 0.0476. The lowest BCUT2D eigenvalue weighted by atomic mass is 10.1. The summed E-state index contributed by atoms with van der Waals surface area (Å²) in [5.41, 5.74) is 5.33. The standard InChI is InChI=1S/C21H14Cl2N2O2S.C14H11Cl2NO2.C7H5NOS/c22-17-5-3-6-18(23)21(17)25-19-7-2-1-4-14(19)12-20(26)27-16-10-8-15(9-11-16)24-13-28;15-10-5-3-6-11(16)14(10)17-12-7-2-1-4-9(12)8-13(18)19;9-7-3-1-6(2-4-7)8-5-10/h1-11,25H,12H2;1-7,17H,8H2,(H,18,19);1-4,9H. The molecule has 0 unspecified atom stereocenters. The van der Waals surface area contributed by atoms with Gasteiger partial charge >= 0.3 is 11.9 Å². The van der Waals surface area contributed by atoms with E-state index in [0.29, 0.717) is 59.8 Å². The lowest BCUT2D eigenvalue weighted by Crippen LogP contribution is -2.12. The largest absolute Gasteiger partial charge is 0.508 e. The van der Waals surface area contributed by atoms with Crippen LogP contribution in [0.25, 0.3) is 0 Å². The summed E-state index contributed by atoms with van der Waals surface area (Å²) in [4.78, 5) is 30.8. The zero-order valence-corrected chi connectivity index (χ0v) is 34.1. The number of hydrogen-bond donors (Lipinski definition) is 4. The van der Waals surface area contributed by atoms with Crippen molar-refractivity contribution in [1.82, 2.24) is 0 Å². The number of ether oxygens (including phenoxy) is 1. The summed E-state index contributed by atoms with van der Waals surface area (Å²) in [7, 11) is 0. The second-order valence-electron chi connectivity index (χ2n) is 11.4. The predicted molar refractivity (Wildman–Crippen MR) is 237 cm³/mol. The van der Waals surface area contributed by atoms with Gasteiger partial charge in [-0.3, -0.25) is 9.59 Å². The van der Waals surface area contributed by atoms with E-state index in [4.69, 9.17) is 61.4 Å². The maximum atomic E-state index is 12.4. The molecule has 0 aliphatic carbocycles. The minimum atomic E-state index is -0.889. The van der Waals surface area contributed by atoms with Crippen LogP contribution in [0.1, 0.15) is 11.1 Å². The number of thiocarbonyl (C=S) groups is 2. The third-order valence-corrected chi connectivity index (χ3v) is 8.87. The minimum Gasteiger partial charge on any atom is -0.508 e. The van der Waals surface area contributed by atoms with Crippen LogP contribution < -0.4 is 15.4 Å². The van der Waals surface area contributed by atoms with Crippen molar-refractivity contribution in [2.45, 2.75) is 12.8 Å². The molecule has 4 N–H and O–H groups in total. The van der Waals surface area contributed by atoms with E-state index in [9.17, 15) is 9.59 Å². The van der Waals surface area contributed by atoms with Gasteiger partial charge in [-0.2, -0.15) is 9.98 Å². The minimum absolute atomic E-state index is 0.0642. The number of phenolic OH excluding ortho intramolecular Hbond substituents is 1. The number of aromatic hydroxyl groups is 1. The second kappa shape index (κ2) is 22.8. The number of nitrogens with zero attached hydrogens (tertiary/aromatic N) is 2. The average Bonchev–Trinajstić information content (AvgIpc) is 3.18. The summed E-state index contributed by atoms with van der Waals surface area (Å²) < 4.78 is 5.40. The van der Waals surface area contributed by atoms with Crippen LogP contribution in [0, 0.1) is 0 Å². The van der Waals surface area contributed by atoms with E-state index in [1.54, 1.807) is 103 Å². The molecular formula is C42H30Cl4N4O5S2.